The van der Waals surface area contributed by atoms with Crippen LogP contribution in [0.5, 0.6) is 0 Å². The molecular formula is C48H80O43S. The fourth-order valence-electron chi connectivity index (χ4n) is 12.0. The molecule has 0 aromatic rings. The summed E-state index contributed by atoms with van der Waals surface area (Å²) in [5.74, 6) is 0. The van der Waals surface area contributed by atoms with Crippen molar-refractivity contribution < 1.29 is 210 Å². The Labute approximate surface area is 518 Å². The van der Waals surface area contributed by atoms with Crippen molar-refractivity contribution in [2.24, 2.45) is 0 Å². The molecule has 0 radical (unpaired) electrons. The Morgan fingerprint density at radius 1 is 0.217 bits per heavy atom. The van der Waals surface area contributed by atoms with Crippen LogP contribution in [0.1, 0.15) is 0 Å². The second-order valence-corrected chi connectivity index (χ2v) is 24.1. The van der Waals surface area contributed by atoms with E-state index in [9.17, 15) is 130 Å². The van der Waals surface area contributed by atoms with Crippen molar-refractivity contribution in [2.45, 2.75) is 246 Å². The van der Waals surface area contributed by atoms with Crippen molar-refractivity contribution in [2.75, 3.05) is 52.9 Å². The largest absolute Gasteiger partial charge is 0.397 e. The average molecular weight is 1380 g/mol. The van der Waals surface area contributed by atoms with Gasteiger partial charge in [0.2, 0.25) is 0 Å². The fourth-order valence-corrected chi connectivity index (χ4v) is 12.4. The molecule has 44 heteroatoms. The molecule has 0 aromatic carbocycles. The SMILES string of the molecule is O=S(=O)(O)OC[C@H]1O[C@@H]2O[C@H]3[C@H](O)[C@@H](O)[C@@H](O[C@H]4[C@H](O)[C@@H](O)[C@@H](O[C@H]5[C@H](O)[C@@H](O)[C@@H](O[C@H]6[C@H](O)[C@@H](O)[C@@H](O[C@H]7[C@H](O)[C@@H](O)[C@@H](O[C@H]8[C@H](O)[C@@H](O)[C@@H](O[C@H]9[C@H](O)[C@@H](O)[C@@H](O[C@H]1[C@H](O)[C@H]2O)O[C@@H]9CO)O[C@@H]8CO)O[C@@H]7CO)O[C@@H]6CO)O[C@@H]5CO)O[C@@H]4CO)O[C@@H]3CO. The standard InChI is InChI=1S/C48H80O43S/c49-1-9-33-17(56)25(64)41(76-9)85-34-10(2-50)78-43(27(66)19(34)58)87-36-12(4-52)80-45(29(68)21(36)60)89-38-14(6-54)82-47(31(70)23(38)62)91-40-16(8-75-92(72,73)74)83-48(32(71)24(40)63)90-39-15(7-55)81-46(30(69)22(39)61)88-37-13(5-53)79-44(28(67)20(37)59)86-35-11(3-51)77-42(84-33)26(65)18(35)57/h9-71H,1-8H2,(H,72,73,74)/t9-,10-,11-,12-,13-,14-,15-,16-,17-,18-,19-,20-,21-,22-,23-,24-,25-,26-,27-,28-,29-,30-,31-,32-,33-,34-,35-,36-,37-,38-,39-,40-,41-,42-,43-,44-,45-,46-,47-,48-/m1/s1. The summed E-state index contributed by atoms with van der Waals surface area (Å²) in [6.07, 6.45) is -85.3. The molecule has 43 nitrogen and oxygen atoms in total. The van der Waals surface area contributed by atoms with Gasteiger partial charge in [-0.25, -0.2) is 4.18 Å². The van der Waals surface area contributed by atoms with Gasteiger partial charge in [-0.15, -0.1) is 0 Å². The smallest absolute Gasteiger partial charge is 0.394 e. The summed E-state index contributed by atoms with van der Waals surface area (Å²) in [6, 6.07) is 0. The first-order chi connectivity index (χ1) is 43.5. The van der Waals surface area contributed by atoms with Crippen LogP contribution in [0.25, 0.3) is 0 Å². The molecule has 0 aromatic heterocycles. The van der Waals surface area contributed by atoms with Gasteiger partial charge < -0.3 is 193 Å². The number of rotatable bonds is 10. The number of aliphatic hydroxyl groups is 23. The van der Waals surface area contributed by atoms with Gasteiger partial charge in [-0.3, -0.25) is 4.55 Å². The van der Waals surface area contributed by atoms with Gasteiger partial charge in [-0.2, -0.15) is 8.42 Å². The van der Waals surface area contributed by atoms with Crippen LogP contribution < -0.4 is 0 Å². The quantitative estimate of drug-likeness (QED) is 0.0903. The van der Waals surface area contributed by atoms with E-state index in [-0.39, 0.29) is 0 Å². The van der Waals surface area contributed by atoms with Gasteiger partial charge in [0, 0.05) is 0 Å². The zero-order valence-electron chi connectivity index (χ0n) is 47.6. The van der Waals surface area contributed by atoms with E-state index in [4.69, 9.17) is 75.8 Å². The molecule has 536 valence electrons. The monoisotopic (exact) mass is 1380 g/mol. The highest BCUT2D eigenvalue weighted by Crippen LogP contribution is 2.40. The summed E-state index contributed by atoms with van der Waals surface area (Å²) in [4.78, 5) is 0. The Balaban J connectivity index is 0.994. The van der Waals surface area contributed by atoms with E-state index in [2.05, 4.69) is 4.18 Å². The van der Waals surface area contributed by atoms with E-state index in [1.54, 1.807) is 0 Å². The first-order valence-corrected chi connectivity index (χ1v) is 30.2. The molecule has 30 saturated heterocycles. The van der Waals surface area contributed by atoms with E-state index in [0.29, 0.717) is 0 Å². The van der Waals surface area contributed by atoms with Crippen molar-refractivity contribution in [1.29, 1.82) is 0 Å². The summed E-state index contributed by atoms with van der Waals surface area (Å²) in [7, 11) is -5.41. The molecule has 0 spiro atoms. The van der Waals surface area contributed by atoms with Crippen molar-refractivity contribution >= 4 is 10.4 Å². The van der Waals surface area contributed by atoms with E-state index in [1.807, 2.05) is 0 Å². The lowest BCUT2D eigenvalue weighted by Gasteiger charge is -2.50. The fraction of sp³-hybridized carbons (Fsp3) is 1.00. The molecule has 0 amide bonds. The first-order valence-electron chi connectivity index (χ1n) is 28.8. The summed E-state index contributed by atoms with van der Waals surface area (Å²) in [5.41, 5.74) is 0. The van der Waals surface area contributed by atoms with Crippen LogP contribution >= 0.6 is 0 Å². The molecule has 40 atom stereocenters. The second-order valence-electron chi connectivity index (χ2n) is 23.0. The lowest BCUT2D eigenvalue weighted by atomic mass is 9.94. The van der Waals surface area contributed by atoms with Gasteiger partial charge in [0.15, 0.2) is 50.3 Å². The highest BCUT2D eigenvalue weighted by Gasteiger charge is 2.60. The molecule has 30 rings (SSSR count). The number of aliphatic hydroxyl groups excluding tert-OH is 23. The zero-order valence-corrected chi connectivity index (χ0v) is 48.5. The van der Waals surface area contributed by atoms with Gasteiger partial charge in [0.05, 0.1) is 52.9 Å². The summed E-state index contributed by atoms with van der Waals surface area (Å²) < 4.78 is 128. The van der Waals surface area contributed by atoms with Crippen LogP contribution in [-0.4, -0.2) is 429 Å². The molecule has 30 aliphatic heterocycles. The van der Waals surface area contributed by atoms with E-state index >= 15 is 0 Å². The highest BCUT2D eigenvalue weighted by atomic mass is 32.3. The normalized spacial score (nSPS) is 53.7. The number of hydrogen-bond donors (Lipinski definition) is 24. The molecule has 92 heavy (non-hydrogen) atoms. The van der Waals surface area contributed by atoms with Gasteiger partial charge >= 0.3 is 10.4 Å². The van der Waals surface area contributed by atoms with Crippen molar-refractivity contribution in [3.8, 4) is 0 Å². The minimum atomic E-state index is -5.41. The third-order valence-electron chi connectivity index (χ3n) is 17.1. The Morgan fingerprint density at radius 2 is 0.348 bits per heavy atom. The lowest BCUT2D eigenvalue weighted by Crippen LogP contribution is -2.69. The average Bonchev–Trinajstić information content (AvgIpc) is 0.784. The third kappa shape index (κ3) is 15.2. The van der Waals surface area contributed by atoms with Crippen molar-refractivity contribution in [3.63, 3.8) is 0 Å². The summed E-state index contributed by atoms with van der Waals surface area (Å²) in [5, 5.41) is 255. The second kappa shape index (κ2) is 31.2. The van der Waals surface area contributed by atoms with Crippen LogP contribution in [0.15, 0.2) is 0 Å². The topological polar surface area (TPSA) is 677 Å². The van der Waals surface area contributed by atoms with Gasteiger partial charge in [-0.1, -0.05) is 0 Å². The molecule has 30 heterocycles. The predicted octanol–water partition coefficient (Wildman–Crippen LogP) is -17.6. The highest BCUT2D eigenvalue weighted by molar-refractivity contribution is 7.80. The van der Waals surface area contributed by atoms with E-state index in [0.717, 1.165) is 0 Å². The van der Waals surface area contributed by atoms with Crippen LogP contribution in [0.3, 0.4) is 0 Å². The minimum absolute atomic E-state index is 1.10. The molecule has 0 aliphatic carbocycles. The maximum atomic E-state index is 11.8. The van der Waals surface area contributed by atoms with Crippen LogP contribution in [0, 0.1) is 0 Å². The Hall–Kier alpha value is -1.69. The van der Waals surface area contributed by atoms with Gasteiger partial charge in [0.25, 0.3) is 0 Å². The number of ether oxygens (including phenoxy) is 16. The maximum Gasteiger partial charge on any atom is 0.397 e. The molecular weight excluding hydrogens is 1300 g/mol. The van der Waals surface area contributed by atoms with Crippen LogP contribution in [0.2, 0.25) is 0 Å². The molecule has 0 unspecified atom stereocenters. The van der Waals surface area contributed by atoms with Crippen molar-refractivity contribution in [3.05, 3.63) is 0 Å². The summed E-state index contributed by atoms with van der Waals surface area (Å²) >= 11 is 0. The first kappa shape index (κ1) is 74.5. The molecule has 30 aliphatic rings. The molecule has 0 saturated carbocycles. The van der Waals surface area contributed by atoms with Crippen molar-refractivity contribution in [1.82, 2.24) is 0 Å². The molecule has 24 N–H and O–H groups in total. The van der Waals surface area contributed by atoms with E-state index < -0.39 is 309 Å². The Bertz CT molecular complexity index is 2400. The minimum Gasteiger partial charge on any atom is -0.394 e. The Kier molecular flexibility index (Phi) is 25.3. The van der Waals surface area contributed by atoms with Crippen LogP contribution in [-0.2, 0) is 90.4 Å². The molecule has 30 fully saturated rings. The Morgan fingerprint density at radius 3 is 0.478 bits per heavy atom. The third-order valence-corrected chi connectivity index (χ3v) is 17.5. The molecule has 16 bridgehead atoms. The van der Waals surface area contributed by atoms with Gasteiger partial charge in [0.1, 0.15) is 195 Å². The maximum absolute atomic E-state index is 11.8. The number of hydrogen-bond acceptors (Lipinski definition) is 42. The lowest BCUT2D eigenvalue weighted by molar-refractivity contribution is -0.404. The van der Waals surface area contributed by atoms with Crippen LogP contribution in [0.4, 0.5) is 0 Å². The predicted molar refractivity (Wildman–Crippen MR) is 271 cm³/mol. The van der Waals surface area contributed by atoms with E-state index in [1.165, 1.54) is 0 Å². The summed E-state index contributed by atoms with van der Waals surface area (Å²) in [6.45, 7) is -9.26. The van der Waals surface area contributed by atoms with Gasteiger partial charge in [-0.05, 0) is 0 Å². The zero-order chi connectivity index (χ0) is 67.3.